The van der Waals surface area contributed by atoms with Crippen LogP contribution in [0.2, 0.25) is 0 Å². The molecule has 8 heteroatoms. The Balaban J connectivity index is 0.000000283. The summed E-state index contributed by atoms with van der Waals surface area (Å²) in [4.78, 5) is 24.8. The molecule has 0 radical (unpaired) electrons. The number of aliphatic hydroxyl groups is 1. The fraction of sp³-hybridized carbons (Fsp3) is 0.300. The van der Waals surface area contributed by atoms with Gasteiger partial charge in [-0.2, -0.15) is 0 Å². The molecule has 0 atom stereocenters. The molecule has 0 spiro atoms. The monoisotopic (exact) mass is 387 g/mol. The van der Waals surface area contributed by atoms with Gasteiger partial charge in [-0.05, 0) is 62.6 Å². The molecule has 2 rings (SSSR count). The largest absolute Gasteiger partial charge is 0.399 e. The Labute approximate surface area is 165 Å². The van der Waals surface area contributed by atoms with Gasteiger partial charge < -0.3 is 32.1 Å². The van der Waals surface area contributed by atoms with Crippen molar-refractivity contribution in [2.75, 3.05) is 51.8 Å². The van der Waals surface area contributed by atoms with Gasteiger partial charge in [0.05, 0.1) is 6.61 Å². The summed E-state index contributed by atoms with van der Waals surface area (Å²) in [5.41, 5.74) is 13.5. The van der Waals surface area contributed by atoms with Crippen molar-refractivity contribution in [3.63, 3.8) is 0 Å². The highest BCUT2D eigenvalue weighted by molar-refractivity contribution is 5.94. The van der Waals surface area contributed by atoms with Crippen LogP contribution in [0.3, 0.4) is 0 Å². The fourth-order valence-electron chi connectivity index (χ4n) is 2.04. The molecule has 0 aliphatic carbocycles. The summed E-state index contributed by atoms with van der Waals surface area (Å²) in [6.07, 6.45) is 0. The van der Waals surface area contributed by atoms with Crippen molar-refractivity contribution in [2.45, 2.75) is 0 Å². The maximum atomic E-state index is 11.6. The van der Waals surface area contributed by atoms with E-state index < -0.39 is 0 Å². The van der Waals surface area contributed by atoms with Gasteiger partial charge in [0.15, 0.2) is 0 Å². The Morgan fingerprint density at radius 3 is 1.57 bits per heavy atom. The van der Waals surface area contributed by atoms with E-state index in [4.69, 9.17) is 16.6 Å². The van der Waals surface area contributed by atoms with Crippen LogP contribution in [0.25, 0.3) is 0 Å². The van der Waals surface area contributed by atoms with E-state index in [9.17, 15) is 9.59 Å². The zero-order chi connectivity index (χ0) is 20.9. The minimum absolute atomic E-state index is 0.0548. The molecule has 152 valence electrons. The van der Waals surface area contributed by atoms with Gasteiger partial charge in [0, 0.05) is 42.1 Å². The van der Waals surface area contributed by atoms with Crippen LogP contribution in [0.4, 0.5) is 11.4 Å². The number of amides is 2. The number of carbonyl (C=O) groups excluding carboxylic acids is 2. The SMILES string of the molecule is CN(C)CCNC(=O)c1ccc(N)cc1.Nc1ccc(C(=O)NCCO)cc1. The maximum absolute atomic E-state index is 11.6. The van der Waals surface area contributed by atoms with Crippen LogP contribution in [0.5, 0.6) is 0 Å². The van der Waals surface area contributed by atoms with Gasteiger partial charge in [0.2, 0.25) is 0 Å². The Hall–Kier alpha value is -3.10. The van der Waals surface area contributed by atoms with Gasteiger partial charge in [-0.25, -0.2) is 0 Å². The molecular weight excluding hydrogens is 358 g/mol. The summed E-state index contributed by atoms with van der Waals surface area (Å²) >= 11 is 0. The number of likely N-dealkylation sites (N-methyl/N-ethyl adjacent to an activating group) is 1. The van der Waals surface area contributed by atoms with E-state index in [1.54, 1.807) is 48.5 Å². The van der Waals surface area contributed by atoms with Crippen molar-refractivity contribution in [1.29, 1.82) is 0 Å². The van der Waals surface area contributed by atoms with Crippen LogP contribution in [-0.2, 0) is 0 Å². The number of hydrogen-bond acceptors (Lipinski definition) is 6. The standard InChI is InChI=1S/C11H17N3O.C9H12N2O2/c1-14(2)8-7-13-11(15)9-3-5-10(12)6-4-9;10-8-3-1-7(2-4-8)9(13)11-5-6-12/h3-6H,7-8,12H2,1-2H3,(H,13,15);1-4,12H,5-6,10H2,(H,11,13). The second-order valence-corrected chi connectivity index (χ2v) is 6.28. The van der Waals surface area contributed by atoms with Crippen LogP contribution < -0.4 is 22.1 Å². The summed E-state index contributed by atoms with van der Waals surface area (Å²) in [5, 5.41) is 13.8. The van der Waals surface area contributed by atoms with Gasteiger partial charge >= 0.3 is 0 Å². The fourth-order valence-corrected chi connectivity index (χ4v) is 2.04. The first-order chi connectivity index (χ1) is 13.3. The number of nitrogens with one attached hydrogen (secondary N) is 2. The molecule has 0 aliphatic heterocycles. The summed E-state index contributed by atoms with van der Waals surface area (Å²) in [7, 11) is 3.94. The molecule has 0 fully saturated rings. The summed E-state index contributed by atoms with van der Waals surface area (Å²) in [5.74, 6) is -0.258. The second kappa shape index (κ2) is 12.3. The number of aliphatic hydroxyl groups excluding tert-OH is 1. The van der Waals surface area contributed by atoms with Crippen LogP contribution in [0.15, 0.2) is 48.5 Å². The molecule has 0 heterocycles. The zero-order valence-electron chi connectivity index (χ0n) is 16.3. The Kier molecular flexibility index (Phi) is 10.1. The predicted molar refractivity (Wildman–Crippen MR) is 112 cm³/mol. The molecule has 0 aliphatic rings. The number of carbonyl (C=O) groups is 2. The van der Waals surface area contributed by atoms with Crippen molar-refractivity contribution < 1.29 is 14.7 Å². The third kappa shape index (κ3) is 9.02. The predicted octanol–water partition coefficient (Wildman–Crippen LogP) is 0.551. The number of nitrogens with zero attached hydrogens (tertiary/aromatic N) is 1. The highest BCUT2D eigenvalue weighted by Crippen LogP contribution is 2.05. The number of nitrogens with two attached hydrogens (primary N) is 2. The molecular formula is C20H29N5O3. The average molecular weight is 387 g/mol. The number of hydrogen-bond donors (Lipinski definition) is 5. The third-order valence-electron chi connectivity index (χ3n) is 3.59. The normalized spacial score (nSPS) is 10.0. The maximum Gasteiger partial charge on any atom is 0.251 e. The molecule has 0 aromatic heterocycles. The van der Waals surface area contributed by atoms with Crippen molar-refractivity contribution in [3.8, 4) is 0 Å². The molecule has 8 nitrogen and oxygen atoms in total. The van der Waals surface area contributed by atoms with Gasteiger partial charge in [0.25, 0.3) is 11.8 Å². The molecule has 0 saturated carbocycles. The Morgan fingerprint density at radius 1 is 0.821 bits per heavy atom. The van der Waals surface area contributed by atoms with Gasteiger partial charge in [-0.1, -0.05) is 0 Å². The van der Waals surface area contributed by atoms with Gasteiger partial charge in [-0.3, -0.25) is 9.59 Å². The van der Waals surface area contributed by atoms with E-state index in [1.807, 2.05) is 19.0 Å². The quantitative estimate of drug-likeness (QED) is 0.441. The molecule has 2 aromatic rings. The molecule has 0 unspecified atom stereocenters. The first-order valence-corrected chi connectivity index (χ1v) is 8.86. The first kappa shape index (κ1) is 22.9. The topological polar surface area (TPSA) is 134 Å². The minimum Gasteiger partial charge on any atom is -0.399 e. The number of anilines is 2. The van der Waals surface area contributed by atoms with Crippen molar-refractivity contribution >= 4 is 23.2 Å². The molecule has 0 saturated heterocycles. The zero-order valence-corrected chi connectivity index (χ0v) is 16.3. The second-order valence-electron chi connectivity index (χ2n) is 6.28. The lowest BCUT2D eigenvalue weighted by Crippen LogP contribution is -2.31. The summed E-state index contributed by atoms with van der Waals surface area (Å²) < 4.78 is 0. The van der Waals surface area contributed by atoms with Gasteiger partial charge in [0.1, 0.15) is 0 Å². The van der Waals surface area contributed by atoms with E-state index in [2.05, 4.69) is 10.6 Å². The Bertz CT molecular complexity index is 731. The first-order valence-electron chi connectivity index (χ1n) is 8.86. The summed E-state index contributed by atoms with van der Waals surface area (Å²) in [6.45, 7) is 1.70. The number of benzene rings is 2. The number of rotatable bonds is 7. The average Bonchev–Trinajstić information content (AvgIpc) is 2.67. The molecule has 7 N–H and O–H groups in total. The van der Waals surface area contributed by atoms with Crippen LogP contribution in [0, 0.1) is 0 Å². The van der Waals surface area contributed by atoms with Gasteiger partial charge in [-0.15, -0.1) is 0 Å². The molecule has 28 heavy (non-hydrogen) atoms. The highest BCUT2D eigenvalue weighted by Gasteiger charge is 2.04. The van der Waals surface area contributed by atoms with E-state index >= 15 is 0 Å². The highest BCUT2D eigenvalue weighted by atomic mass is 16.3. The smallest absolute Gasteiger partial charge is 0.251 e. The van der Waals surface area contributed by atoms with E-state index in [0.29, 0.717) is 29.0 Å². The summed E-state index contributed by atoms with van der Waals surface area (Å²) in [6, 6.07) is 13.5. The number of nitrogen functional groups attached to an aromatic ring is 2. The lowest BCUT2D eigenvalue weighted by Gasteiger charge is -2.10. The lowest BCUT2D eigenvalue weighted by molar-refractivity contribution is 0.0939. The molecule has 2 aromatic carbocycles. The Morgan fingerprint density at radius 2 is 1.21 bits per heavy atom. The lowest BCUT2D eigenvalue weighted by atomic mass is 10.2. The molecule has 0 bridgehead atoms. The van der Waals surface area contributed by atoms with Crippen LogP contribution in [-0.4, -0.2) is 62.2 Å². The van der Waals surface area contributed by atoms with Crippen LogP contribution >= 0.6 is 0 Å². The van der Waals surface area contributed by atoms with E-state index in [1.165, 1.54) is 0 Å². The third-order valence-corrected chi connectivity index (χ3v) is 3.59. The molecule has 2 amide bonds. The van der Waals surface area contributed by atoms with Crippen LogP contribution in [0.1, 0.15) is 20.7 Å². The van der Waals surface area contributed by atoms with Crippen molar-refractivity contribution in [3.05, 3.63) is 59.7 Å². The van der Waals surface area contributed by atoms with Crippen molar-refractivity contribution in [2.24, 2.45) is 0 Å². The van der Waals surface area contributed by atoms with Crippen molar-refractivity contribution in [1.82, 2.24) is 15.5 Å². The van der Waals surface area contributed by atoms with E-state index in [-0.39, 0.29) is 25.0 Å². The van der Waals surface area contributed by atoms with E-state index in [0.717, 1.165) is 6.54 Å². The minimum atomic E-state index is -0.200.